The number of rotatable bonds is 5. The molecule has 134 valence electrons. The van der Waals surface area contributed by atoms with Gasteiger partial charge in [0.25, 0.3) is 5.91 Å². The Labute approximate surface area is 157 Å². The molecule has 1 saturated heterocycles. The molecule has 0 bridgehead atoms. The van der Waals surface area contributed by atoms with E-state index in [-0.39, 0.29) is 5.91 Å². The van der Waals surface area contributed by atoms with Crippen molar-refractivity contribution in [1.29, 1.82) is 0 Å². The minimum Gasteiger partial charge on any atom is -0.335 e. The monoisotopic (exact) mass is 365 g/mol. The number of nitrogens with zero attached hydrogens (tertiary/aromatic N) is 3. The molecule has 3 aromatic rings. The summed E-state index contributed by atoms with van der Waals surface area (Å²) in [6.45, 7) is 8.83. The topological polar surface area (TPSA) is 28.5 Å². The van der Waals surface area contributed by atoms with Crippen LogP contribution in [0.3, 0.4) is 0 Å². The summed E-state index contributed by atoms with van der Waals surface area (Å²) in [5.41, 5.74) is 3.23. The zero-order valence-electron chi connectivity index (χ0n) is 14.8. The van der Waals surface area contributed by atoms with Crippen molar-refractivity contribution in [3.8, 4) is 0 Å². The minimum atomic E-state index is 0.134. The molecule has 1 aromatic carbocycles. The molecule has 1 aliphatic rings. The smallest absolute Gasteiger partial charge is 0.270 e. The molecule has 0 N–H and O–H groups in total. The summed E-state index contributed by atoms with van der Waals surface area (Å²) in [6, 6.07) is 14.6. The van der Waals surface area contributed by atoms with Crippen LogP contribution in [0.5, 0.6) is 0 Å². The molecule has 0 radical (unpaired) electrons. The van der Waals surface area contributed by atoms with Crippen LogP contribution in [0.2, 0.25) is 0 Å². The predicted molar refractivity (Wildman–Crippen MR) is 108 cm³/mol. The maximum absolute atomic E-state index is 13.1. The molecule has 4 rings (SSSR count). The lowest BCUT2D eigenvalue weighted by Crippen LogP contribution is -2.48. The van der Waals surface area contributed by atoms with E-state index in [1.165, 1.54) is 5.56 Å². The van der Waals surface area contributed by atoms with Gasteiger partial charge in [-0.2, -0.15) is 0 Å². The van der Waals surface area contributed by atoms with Crippen molar-refractivity contribution < 1.29 is 4.79 Å². The van der Waals surface area contributed by atoms with Crippen LogP contribution in [0.25, 0.3) is 10.2 Å². The molecule has 26 heavy (non-hydrogen) atoms. The van der Waals surface area contributed by atoms with E-state index >= 15 is 0 Å². The summed E-state index contributed by atoms with van der Waals surface area (Å²) in [5.74, 6) is 0.134. The second kappa shape index (κ2) is 7.48. The maximum Gasteiger partial charge on any atom is 0.270 e. The quantitative estimate of drug-likeness (QED) is 0.643. The van der Waals surface area contributed by atoms with Crippen LogP contribution in [0.1, 0.15) is 16.1 Å². The fourth-order valence-corrected chi connectivity index (χ4v) is 4.41. The molecule has 4 nitrogen and oxygen atoms in total. The zero-order valence-corrected chi connectivity index (χ0v) is 15.6. The number of benzene rings is 1. The summed E-state index contributed by atoms with van der Waals surface area (Å²) in [7, 11) is 0. The van der Waals surface area contributed by atoms with Crippen molar-refractivity contribution in [2.45, 2.75) is 13.1 Å². The predicted octanol–water partition coefficient (Wildman–Crippen LogP) is 3.85. The Hall–Kier alpha value is -2.37. The molecule has 0 aliphatic carbocycles. The van der Waals surface area contributed by atoms with E-state index in [1.807, 2.05) is 23.1 Å². The Balaban J connectivity index is 1.44. The first kappa shape index (κ1) is 17.1. The fraction of sp³-hybridized carbons (Fsp3) is 0.286. The molecular formula is C21H23N3OS. The van der Waals surface area contributed by atoms with Crippen LogP contribution in [0, 0.1) is 0 Å². The minimum absolute atomic E-state index is 0.134. The average molecular weight is 366 g/mol. The van der Waals surface area contributed by atoms with Gasteiger partial charge in [-0.3, -0.25) is 9.69 Å². The van der Waals surface area contributed by atoms with E-state index in [2.05, 4.69) is 51.8 Å². The number of hydrogen-bond acceptors (Lipinski definition) is 3. The van der Waals surface area contributed by atoms with Gasteiger partial charge in [-0.05, 0) is 23.1 Å². The number of amides is 1. The molecule has 1 aliphatic heterocycles. The number of thiophene rings is 1. The van der Waals surface area contributed by atoms with Crippen molar-refractivity contribution in [3.63, 3.8) is 0 Å². The molecule has 2 aromatic heterocycles. The van der Waals surface area contributed by atoms with E-state index < -0.39 is 0 Å². The van der Waals surface area contributed by atoms with Gasteiger partial charge in [0.2, 0.25) is 0 Å². The highest BCUT2D eigenvalue weighted by atomic mass is 32.1. The summed E-state index contributed by atoms with van der Waals surface area (Å²) >= 11 is 1.68. The third kappa shape index (κ3) is 3.32. The Bertz CT molecular complexity index is 904. The SMILES string of the molecule is C=CCn1c(C(=O)N2CCN(Cc3ccccc3)CC2)cc2sccc21. The van der Waals surface area contributed by atoms with Crippen LogP contribution in [0.4, 0.5) is 0 Å². The molecule has 0 spiro atoms. The first-order chi connectivity index (χ1) is 12.8. The van der Waals surface area contributed by atoms with Gasteiger partial charge in [-0.25, -0.2) is 0 Å². The second-order valence-corrected chi connectivity index (χ2v) is 7.60. The Morgan fingerprint density at radius 3 is 2.62 bits per heavy atom. The zero-order chi connectivity index (χ0) is 17.9. The van der Waals surface area contributed by atoms with Gasteiger partial charge in [0, 0.05) is 39.3 Å². The van der Waals surface area contributed by atoms with Crippen LogP contribution in [0.15, 0.2) is 60.5 Å². The highest BCUT2D eigenvalue weighted by Gasteiger charge is 2.25. The highest BCUT2D eigenvalue weighted by molar-refractivity contribution is 7.17. The van der Waals surface area contributed by atoms with Gasteiger partial charge >= 0.3 is 0 Å². The van der Waals surface area contributed by atoms with Gasteiger partial charge in [0.05, 0.1) is 10.2 Å². The van der Waals surface area contributed by atoms with Crippen molar-refractivity contribution in [1.82, 2.24) is 14.4 Å². The van der Waals surface area contributed by atoms with Crippen LogP contribution < -0.4 is 0 Å². The highest BCUT2D eigenvalue weighted by Crippen LogP contribution is 2.26. The summed E-state index contributed by atoms with van der Waals surface area (Å²) in [6.07, 6.45) is 1.85. The third-order valence-corrected chi connectivity index (χ3v) is 5.82. The van der Waals surface area contributed by atoms with Gasteiger partial charge < -0.3 is 9.47 Å². The average Bonchev–Trinajstić information content (AvgIpc) is 3.26. The largest absolute Gasteiger partial charge is 0.335 e. The van der Waals surface area contributed by atoms with Crippen LogP contribution >= 0.6 is 11.3 Å². The number of hydrogen-bond donors (Lipinski definition) is 0. The number of allylic oxidation sites excluding steroid dienone is 1. The van der Waals surface area contributed by atoms with E-state index in [0.29, 0.717) is 6.54 Å². The number of piperazine rings is 1. The Morgan fingerprint density at radius 1 is 1.12 bits per heavy atom. The van der Waals surface area contributed by atoms with Crippen molar-refractivity contribution in [2.24, 2.45) is 0 Å². The van der Waals surface area contributed by atoms with Gasteiger partial charge in [0.1, 0.15) is 5.69 Å². The number of carbonyl (C=O) groups is 1. The maximum atomic E-state index is 13.1. The molecule has 3 heterocycles. The lowest BCUT2D eigenvalue weighted by Gasteiger charge is -2.34. The molecular weight excluding hydrogens is 342 g/mol. The molecule has 1 amide bonds. The number of fused-ring (bicyclic) bond motifs is 1. The fourth-order valence-electron chi connectivity index (χ4n) is 3.59. The molecule has 0 unspecified atom stereocenters. The van der Waals surface area contributed by atoms with Gasteiger partial charge in [-0.15, -0.1) is 17.9 Å². The molecule has 5 heteroatoms. The van der Waals surface area contributed by atoms with Crippen LogP contribution in [-0.2, 0) is 13.1 Å². The van der Waals surface area contributed by atoms with Crippen molar-refractivity contribution in [3.05, 3.63) is 71.8 Å². The van der Waals surface area contributed by atoms with Gasteiger partial charge in [0.15, 0.2) is 0 Å². The second-order valence-electron chi connectivity index (χ2n) is 6.65. The normalized spacial score (nSPS) is 15.5. The Morgan fingerprint density at radius 2 is 1.88 bits per heavy atom. The molecule has 0 saturated carbocycles. The molecule has 0 atom stereocenters. The number of aromatic nitrogens is 1. The summed E-state index contributed by atoms with van der Waals surface area (Å²) in [5, 5.41) is 2.07. The first-order valence-electron chi connectivity index (χ1n) is 8.99. The first-order valence-corrected chi connectivity index (χ1v) is 9.87. The van der Waals surface area contributed by atoms with Gasteiger partial charge in [-0.1, -0.05) is 36.4 Å². The van der Waals surface area contributed by atoms with Crippen molar-refractivity contribution in [2.75, 3.05) is 26.2 Å². The van der Waals surface area contributed by atoms with Crippen LogP contribution in [-0.4, -0.2) is 46.5 Å². The number of carbonyl (C=O) groups excluding carboxylic acids is 1. The lowest BCUT2D eigenvalue weighted by atomic mass is 10.2. The van der Waals surface area contributed by atoms with E-state index in [9.17, 15) is 4.79 Å². The van der Waals surface area contributed by atoms with Crippen molar-refractivity contribution >= 4 is 27.5 Å². The molecule has 1 fully saturated rings. The summed E-state index contributed by atoms with van der Waals surface area (Å²) in [4.78, 5) is 17.5. The van der Waals surface area contributed by atoms with E-state index in [1.54, 1.807) is 11.3 Å². The van der Waals surface area contributed by atoms with E-state index in [4.69, 9.17) is 0 Å². The lowest BCUT2D eigenvalue weighted by molar-refractivity contribution is 0.0619. The summed E-state index contributed by atoms with van der Waals surface area (Å²) < 4.78 is 3.25. The van der Waals surface area contributed by atoms with E-state index in [0.717, 1.165) is 48.6 Å². The Kier molecular flexibility index (Phi) is 4.91. The standard InChI is InChI=1S/C21H23N3OS/c1-2-9-24-18-8-14-26-20(18)15-19(24)21(25)23-12-10-22(11-13-23)16-17-6-4-3-5-7-17/h2-8,14-15H,1,9-13,16H2. The third-order valence-electron chi connectivity index (χ3n) is 4.96.